The molecule has 1 aromatic carbocycles. The minimum absolute atomic E-state index is 0.00958. The molecule has 2 heterocycles. The second-order valence-electron chi connectivity index (χ2n) is 6.51. The SMILES string of the molecule is COCCCNC(=O)Cn1c2ncccc2c(=O)n1-c1ccc(C)c(C)c1. The molecule has 0 fully saturated rings. The third-order valence-electron chi connectivity index (χ3n) is 4.57. The van der Waals surface area contributed by atoms with Crippen molar-refractivity contribution in [2.24, 2.45) is 0 Å². The summed E-state index contributed by atoms with van der Waals surface area (Å²) in [6.07, 6.45) is 2.36. The molecule has 1 N–H and O–H groups in total. The number of hydrogen-bond donors (Lipinski definition) is 1. The molecule has 7 nitrogen and oxygen atoms in total. The van der Waals surface area contributed by atoms with Crippen molar-refractivity contribution >= 4 is 16.9 Å². The summed E-state index contributed by atoms with van der Waals surface area (Å²) in [5, 5.41) is 3.34. The van der Waals surface area contributed by atoms with E-state index in [1.165, 1.54) is 4.68 Å². The van der Waals surface area contributed by atoms with E-state index in [9.17, 15) is 9.59 Å². The first-order chi connectivity index (χ1) is 13.0. The Labute approximate surface area is 157 Å². The first-order valence-corrected chi connectivity index (χ1v) is 8.92. The summed E-state index contributed by atoms with van der Waals surface area (Å²) in [4.78, 5) is 29.7. The van der Waals surface area contributed by atoms with Crippen molar-refractivity contribution in [1.82, 2.24) is 19.7 Å². The van der Waals surface area contributed by atoms with Crippen molar-refractivity contribution in [2.45, 2.75) is 26.8 Å². The molecule has 0 unspecified atom stereocenters. The lowest BCUT2D eigenvalue weighted by Gasteiger charge is -2.13. The number of aromatic nitrogens is 3. The van der Waals surface area contributed by atoms with Crippen LogP contribution in [0.25, 0.3) is 16.7 Å². The Bertz CT molecular complexity index is 1020. The summed E-state index contributed by atoms with van der Waals surface area (Å²) in [7, 11) is 1.63. The highest BCUT2D eigenvalue weighted by Gasteiger charge is 2.18. The molecule has 3 aromatic rings. The fourth-order valence-electron chi connectivity index (χ4n) is 2.98. The predicted molar refractivity (Wildman–Crippen MR) is 104 cm³/mol. The molecule has 0 aliphatic rings. The van der Waals surface area contributed by atoms with Gasteiger partial charge in [0.2, 0.25) is 5.91 Å². The van der Waals surface area contributed by atoms with Crippen LogP contribution in [0.2, 0.25) is 0 Å². The molecule has 0 saturated carbocycles. The number of aryl methyl sites for hydroxylation is 2. The van der Waals surface area contributed by atoms with E-state index >= 15 is 0 Å². The second kappa shape index (κ2) is 8.18. The number of fused-ring (bicyclic) bond motifs is 1. The molecule has 2 aromatic heterocycles. The Morgan fingerprint density at radius 2 is 2.04 bits per heavy atom. The Kier molecular flexibility index (Phi) is 5.71. The van der Waals surface area contributed by atoms with E-state index in [0.717, 1.165) is 17.5 Å². The van der Waals surface area contributed by atoms with Gasteiger partial charge in [0.1, 0.15) is 6.54 Å². The number of pyridine rings is 1. The minimum Gasteiger partial charge on any atom is -0.385 e. The van der Waals surface area contributed by atoms with Crippen molar-refractivity contribution in [3.8, 4) is 5.69 Å². The zero-order valence-corrected chi connectivity index (χ0v) is 15.9. The van der Waals surface area contributed by atoms with Crippen molar-refractivity contribution < 1.29 is 9.53 Å². The fourth-order valence-corrected chi connectivity index (χ4v) is 2.98. The van der Waals surface area contributed by atoms with Gasteiger partial charge in [-0.1, -0.05) is 6.07 Å². The van der Waals surface area contributed by atoms with Crippen molar-refractivity contribution in [2.75, 3.05) is 20.3 Å². The normalized spacial score (nSPS) is 11.1. The molecule has 1 amide bonds. The Balaban J connectivity index is 2.01. The number of hydrogen-bond acceptors (Lipinski definition) is 4. The second-order valence-corrected chi connectivity index (χ2v) is 6.51. The van der Waals surface area contributed by atoms with Crippen LogP contribution in [0.1, 0.15) is 17.5 Å². The van der Waals surface area contributed by atoms with Gasteiger partial charge in [0, 0.05) is 26.5 Å². The van der Waals surface area contributed by atoms with Crippen LogP contribution in [0.3, 0.4) is 0 Å². The maximum absolute atomic E-state index is 13.0. The van der Waals surface area contributed by atoms with Crippen LogP contribution in [0, 0.1) is 13.8 Å². The van der Waals surface area contributed by atoms with E-state index in [1.54, 1.807) is 30.1 Å². The number of carbonyl (C=O) groups is 1. The van der Waals surface area contributed by atoms with Gasteiger partial charge in [-0.2, -0.15) is 0 Å². The summed E-state index contributed by atoms with van der Waals surface area (Å²) in [6.45, 7) is 5.13. The quantitative estimate of drug-likeness (QED) is 0.647. The topological polar surface area (TPSA) is 78.2 Å². The van der Waals surface area contributed by atoms with Crippen molar-refractivity contribution in [3.63, 3.8) is 0 Å². The van der Waals surface area contributed by atoms with Crippen LogP contribution in [0.15, 0.2) is 41.3 Å². The third-order valence-corrected chi connectivity index (χ3v) is 4.57. The molecular formula is C20H24N4O3. The van der Waals surface area contributed by atoms with Gasteiger partial charge in [-0.3, -0.25) is 14.3 Å². The first-order valence-electron chi connectivity index (χ1n) is 8.92. The summed E-state index contributed by atoms with van der Waals surface area (Å²) in [5.41, 5.74) is 3.24. The summed E-state index contributed by atoms with van der Waals surface area (Å²) in [6, 6.07) is 9.26. The summed E-state index contributed by atoms with van der Waals surface area (Å²) < 4.78 is 8.15. The number of benzene rings is 1. The molecule has 0 spiro atoms. The third kappa shape index (κ3) is 3.93. The lowest BCUT2D eigenvalue weighted by atomic mass is 10.1. The minimum atomic E-state index is -0.187. The monoisotopic (exact) mass is 368 g/mol. The van der Waals surface area contributed by atoms with Crippen molar-refractivity contribution in [3.05, 3.63) is 58.0 Å². The number of rotatable bonds is 7. The van der Waals surface area contributed by atoms with E-state index < -0.39 is 0 Å². The number of ether oxygens (including phenoxy) is 1. The largest absolute Gasteiger partial charge is 0.385 e. The zero-order valence-electron chi connectivity index (χ0n) is 15.9. The standard InChI is InChI=1S/C20H24N4O3/c1-14-7-8-16(12-15(14)2)24-20(26)17-6-4-9-22-19(17)23(24)13-18(25)21-10-5-11-27-3/h4,6-9,12H,5,10-11,13H2,1-3H3,(H,21,25). The molecule has 3 rings (SSSR count). The van der Waals surface area contributed by atoms with E-state index in [-0.39, 0.29) is 18.0 Å². The molecule has 0 bridgehead atoms. The lowest BCUT2D eigenvalue weighted by Crippen LogP contribution is -2.32. The van der Waals surface area contributed by atoms with Gasteiger partial charge in [0.05, 0.1) is 11.1 Å². The van der Waals surface area contributed by atoms with E-state index in [0.29, 0.717) is 29.9 Å². The van der Waals surface area contributed by atoms with Gasteiger partial charge < -0.3 is 10.1 Å². The van der Waals surface area contributed by atoms with Crippen LogP contribution in [-0.2, 0) is 16.1 Å². The highest BCUT2D eigenvalue weighted by molar-refractivity contribution is 5.80. The number of methoxy groups -OCH3 is 1. The van der Waals surface area contributed by atoms with Crippen molar-refractivity contribution in [1.29, 1.82) is 0 Å². The Morgan fingerprint density at radius 3 is 2.78 bits per heavy atom. The Morgan fingerprint density at radius 1 is 1.22 bits per heavy atom. The molecule has 0 aliphatic heterocycles. The number of nitrogens with one attached hydrogen (secondary N) is 1. The molecule has 27 heavy (non-hydrogen) atoms. The molecule has 0 atom stereocenters. The van der Waals surface area contributed by atoms with Gasteiger partial charge in [-0.05, 0) is 55.7 Å². The van der Waals surface area contributed by atoms with Gasteiger partial charge in [0.25, 0.3) is 5.56 Å². The summed E-state index contributed by atoms with van der Waals surface area (Å²) >= 11 is 0. The Hall–Kier alpha value is -2.93. The molecule has 142 valence electrons. The van der Waals surface area contributed by atoms with Gasteiger partial charge in [-0.25, -0.2) is 9.67 Å². The molecular weight excluding hydrogens is 344 g/mol. The summed E-state index contributed by atoms with van der Waals surface area (Å²) in [5.74, 6) is -0.175. The van der Waals surface area contributed by atoms with Crippen LogP contribution in [-0.4, -0.2) is 40.5 Å². The number of carbonyl (C=O) groups excluding carboxylic acids is 1. The average Bonchev–Trinajstić information content (AvgIpc) is 2.93. The first kappa shape index (κ1) is 18.8. The van der Waals surface area contributed by atoms with E-state index in [1.807, 2.05) is 32.0 Å². The lowest BCUT2D eigenvalue weighted by molar-refractivity contribution is -0.121. The zero-order chi connectivity index (χ0) is 19.4. The number of amides is 1. The van der Waals surface area contributed by atoms with Crippen LogP contribution < -0.4 is 10.9 Å². The fraction of sp³-hybridized carbons (Fsp3) is 0.350. The van der Waals surface area contributed by atoms with Crippen LogP contribution in [0.5, 0.6) is 0 Å². The molecule has 0 aliphatic carbocycles. The van der Waals surface area contributed by atoms with Crippen LogP contribution >= 0.6 is 0 Å². The average molecular weight is 368 g/mol. The highest BCUT2D eigenvalue weighted by Crippen LogP contribution is 2.16. The smallest absolute Gasteiger partial charge is 0.280 e. The predicted octanol–water partition coefficient (Wildman–Crippen LogP) is 1.96. The van der Waals surface area contributed by atoms with E-state index in [4.69, 9.17) is 4.74 Å². The molecule has 0 saturated heterocycles. The highest BCUT2D eigenvalue weighted by atomic mass is 16.5. The maximum atomic E-state index is 13.0. The van der Waals surface area contributed by atoms with E-state index in [2.05, 4.69) is 10.3 Å². The molecule has 7 heteroatoms. The van der Waals surface area contributed by atoms with Crippen LogP contribution in [0.4, 0.5) is 0 Å². The van der Waals surface area contributed by atoms with Gasteiger partial charge in [0.15, 0.2) is 5.65 Å². The molecule has 0 radical (unpaired) electrons. The van der Waals surface area contributed by atoms with Gasteiger partial charge >= 0.3 is 0 Å². The van der Waals surface area contributed by atoms with Gasteiger partial charge in [-0.15, -0.1) is 0 Å². The number of nitrogens with zero attached hydrogens (tertiary/aromatic N) is 3. The maximum Gasteiger partial charge on any atom is 0.280 e.